The molecular weight excluding hydrogens is 226 g/mol. The minimum atomic E-state index is 0.628. The van der Waals surface area contributed by atoms with Crippen LogP contribution in [0.4, 0.5) is 11.4 Å². The first-order chi connectivity index (χ1) is 8.84. The largest absolute Gasteiger partial charge is 0.467 e. The number of pyridine rings is 1. The number of anilines is 2. The van der Waals surface area contributed by atoms with Crippen molar-refractivity contribution in [3.8, 4) is 0 Å². The van der Waals surface area contributed by atoms with E-state index in [1.807, 2.05) is 36.4 Å². The van der Waals surface area contributed by atoms with Crippen LogP contribution in [0.15, 0.2) is 53.3 Å². The molecule has 0 amide bonds. The van der Waals surface area contributed by atoms with E-state index in [0.717, 1.165) is 28.0 Å². The number of hydrogen-bond donors (Lipinski definition) is 2. The van der Waals surface area contributed by atoms with Gasteiger partial charge in [-0.05, 0) is 36.4 Å². The van der Waals surface area contributed by atoms with Crippen molar-refractivity contribution >= 4 is 22.3 Å². The lowest BCUT2D eigenvalue weighted by Gasteiger charge is -2.09. The van der Waals surface area contributed by atoms with E-state index < -0.39 is 0 Å². The molecule has 0 aliphatic rings. The predicted molar refractivity (Wildman–Crippen MR) is 72.2 cm³/mol. The molecule has 90 valence electrons. The molecule has 3 N–H and O–H groups in total. The first-order valence-electron chi connectivity index (χ1n) is 5.74. The Morgan fingerprint density at radius 2 is 2.11 bits per heavy atom. The SMILES string of the molecule is Nc1ccc(NCc2ccco2)c2ncccc12. The summed E-state index contributed by atoms with van der Waals surface area (Å²) in [5.41, 5.74) is 8.50. The molecule has 0 aliphatic heterocycles. The molecule has 4 nitrogen and oxygen atoms in total. The highest BCUT2D eigenvalue weighted by atomic mass is 16.3. The molecule has 0 saturated heterocycles. The highest BCUT2D eigenvalue weighted by Crippen LogP contribution is 2.26. The highest BCUT2D eigenvalue weighted by molar-refractivity contribution is 5.98. The third-order valence-electron chi connectivity index (χ3n) is 2.84. The number of nitrogens with zero attached hydrogens (tertiary/aromatic N) is 1. The summed E-state index contributed by atoms with van der Waals surface area (Å²) in [6, 6.07) is 11.5. The maximum atomic E-state index is 5.93. The van der Waals surface area contributed by atoms with Crippen molar-refractivity contribution in [3.05, 3.63) is 54.6 Å². The highest BCUT2D eigenvalue weighted by Gasteiger charge is 2.05. The zero-order valence-corrected chi connectivity index (χ0v) is 9.76. The minimum Gasteiger partial charge on any atom is -0.467 e. The molecule has 0 fully saturated rings. The van der Waals surface area contributed by atoms with Gasteiger partial charge in [-0.2, -0.15) is 0 Å². The summed E-state index contributed by atoms with van der Waals surface area (Å²) in [5.74, 6) is 0.885. The number of nitrogens with two attached hydrogens (primary N) is 1. The summed E-state index contributed by atoms with van der Waals surface area (Å²) in [7, 11) is 0. The molecule has 0 bridgehead atoms. The van der Waals surface area contributed by atoms with Crippen molar-refractivity contribution in [3.63, 3.8) is 0 Å². The first kappa shape index (κ1) is 10.7. The standard InChI is InChI=1S/C14H13N3O/c15-12-5-6-13(14-11(12)4-1-7-16-14)17-9-10-3-2-8-18-10/h1-8,17H,9,15H2. The second-order valence-corrected chi connectivity index (χ2v) is 4.03. The quantitative estimate of drug-likeness (QED) is 0.689. The van der Waals surface area contributed by atoms with Crippen LogP contribution in [0.2, 0.25) is 0 Å². The van der Waals surface area contributed by atoms with Gasteiger partial charge in [-0.15, -0.1) is 0 Å². The molecule has 0 atom stereocenters. The van der Waals surface area contributed by atoms with Crippen LogP contribution in [0.5, 0.6) is 0 Å². The van der Waals surface area contributed by atoms with Gasteiger partial charge in [0.1, 0.15) is 5.76 Å². The minimum absolute atomic E-state index is 0.628. The van der Waals surface area contributed by atoms with Gasteiger partial charge in [-0.1, -0.05) is 0 Å². The molecule has 2 heterocycles. The van der Waals surface area contributed by atoms with Crippen LogP contribution in [-0.2, 0) is 6.54 Å². The van der Waals surface area contributed by atoms with Gasteiger partial charge >= 0.3 is 0 Å². The predicted octanol–water partition coefficient (Wildman–Crippen LogP) is 3.02. The number of aromatic nitrogens is 1. The molecule has 0 spiro atoms. The van der Waals surface area contributed by atoms with Crippen molar-refractivity contribution in [2.24, 2.45) is 0 Å². The molecule has 4 heteroatoms. The number of rotatable bonds is 3. The fraction of sp³-hybridized carbons (Fsp3) is 0.0714. The van der Waals surface area contributed by atoms with Gasteiger partial charge in [0.05, 0.1) is 24.0 Å². The molecule has 3 aromatic rings. The van der Waals surface area contributed by atoms with Crippen LogP contribution in [0, 0.1) is 0 Å². The number of hydrogen-bond acceptors (Lipinski definition) is 4. The number of furan rings is 1. The summed E-state index contributed by atoms with van der Waals surface area (Å²) >= 11 is 0. The van der Waals surface area contributed by atoms with Crippen molar-refractivity contribution in [2.45, 2.75) is 6.54 Å². The Morgan fingerprint density at radius 3 is 2.94 bits per heavy atom. The fourth-order valence-corrected chi connectivity index (χ4v) is 1.93. The number of benzene rings is 1. The van der Waals surface area contributed by atoms with Crippen molar-refractivity contribution in [2.75, 3.05) is 11.1 Å². The normalized spacial score (nSPS) is 10.7. The average Bonchev–Trinajstić information content (AvgIpc) is 2.92. The van der Waals surface area contributed by atoms with Crippen molar-refractivity contribution < 1.29 is 4.42 Å². The zero-order chi connectivity index (χ0) is 12.4. The van der Waals surface area contributed by atoms with Gasteiger partial charge in [0.15, 0.2) is 0 Å². The Bertz CT molecular complexity index is 662. The smallest absolute Gasteiger partial charge is 0.122 e. The molecular formula is C14H13N3O. The van der Waals surface area contributed by atoms with E-state index in [1.165, 1.54) is 0 Å². The van der Waals surface area contributed by atoms with E-state index in [9.17, 15) is 0 Å². The Balaban J connectivity index is 1.94. The Hall–Kier alpha value is -2.49. The van der Waals surface area contributed by atoms with Crippen LogP contribution < -0.4 is 11.1 Å². The molecule has 0 saturated carbocycles. The zero-order valence-electron chi connectivity index (χ0n) is 9.76. The lowest BCUT2D eigenvalue weighted by atomic mass is 10.1. The lowest BCUT2D eigenvalue weighted by molar-refractivity contribution is 0.518. The van der Waals surface area contributed by atoms with Gasteiger partial charge in [0, 0.05) is 17.3 Å². The van der Waals surface area contributed by atoms with E-state index >= 15 is 0 Å². The van der Waals surface area contributed by atoms with Gasteiger partial charge < -0.3 is 15.5 Å². The van der Waals surface area contributed by atoms with E-state index in [2.05, 4.69) is 10.3 Å². The van der Waals surface area contributed by atoms with Gasteiger partial charge in [0.25, 0.3) is 0 Å². The van der Waals surface area contributed by atoms with E-state index in [4.69, 9.17) is 10.2 Å². The average molecular weight is 239 g/mol. The Kier molecular flexibility index (Phi) is 2.61. The summed E-state index contributed by atoms with van der Waals surface area (Å²) in [6.45, 7) is 0.628. The topological polar surface area (TPSA) is 64.1 Å². The second kappa shape index (κ2) is 4.41. The fourth-order valence-electron chi connectivity index (χ4n) is 1.93. The number of fused-ring (bicyclic) bond motifs is 1. The molecule has 3 rings (SSSR count). The summed E-state index contributed by atoms with van der Waals surface area (Å²) in [5, 5.41) is 4.27. The van der Waals surface area contributed by atoms with E-state index in [0.29, 0.717) is 6.54 Å². The van der Waals surface area contributed by atoms with Crippen LogP contribution in [0.3, 0.4) is 0 Å². The lowest BCUT2D eigenvalue weighted by Crippen LogP contribution is -2.00. The monoisotopic (exact) mass is 239 g/mol. The molecule has 0 aliphatic carbocycles. The van der Waals surface area contributed by atoms with Crippen LogP contribution in [0.25, 0.3) is 10.9 Å². The second-order valence-electron chi connectivity index (χ2n) is 4.03. The molecule has 0 radical (unpaired) electrons. The van der Waals surface area contributed by atoms with Crippen LogP contribution in [0.1, 0.15) is 5.76 Å². The van der Waals surface area contributed by atoms with Crippen LogP contribution in [-0.4, -0.2) is 4.98 Å². The molecule has 0 unspecified atom stereocenters. The third-order valence-corrected chi connectivity index (χ3v) is 2.84. The summed E-state index contributed by atoms with van der Waals surface area (Å²) < 4.78 is 5.28. The van der Waals surface area contributed by atoms with Gasteiger partial charge in [0.2, 0.25) is 0 Å². The first-order valence-corrected chi connectivity index (χ1v) is 5.74. The Morgan fingerprint density at radius 1 is 1.17 bits per heavy atom. The molecule has 18 heavy (non-hydrogen) atoms. The van der Waals surface area contributed by atoms with Crippen molar-refractivity contribution in [1.29, 1.82) is 0 Å². The van der Waals surface area contributed by atoms with Crippen LogP contribution >= 0.6 is 0 Å². The van der Waals surface area contributed by atoms with Gasteiger partial charge in [-0.25, -0.2) is 0 Å². The van der Waals surface area contributed by atoms with Gasteiger partial charge in [-0.3, -0.25) is 4.98 Å². The maximum Gasteiger partial charge on any atom is 0.122 e. The summed E-state index contributed by atoms with van der Waals surface area (Å²) in [4.78, 5) is 4.37. The number of nitrogens with one attached hydrogen (secondary N) is 1. The number of nitrogen functional groups attached to an aromatic ring is 1. The van der Waals surface area contributed by atoms with E-state index in [1.54, 1.807) is 12.5 Å². The maximum absolute atomic E-state index is 5.93. The van der Waals surface area contributed by atoms with Crippen molar-refractivity contribution in [1.82, 2.24) is 4.98 Å². The third kappa shape index (κ3) is 1.88. The summed E-state index contributed by atoms with van der Waals surface area (Å²) in [6.07, 6.45) is 3.43. The Labute approximate surface area is 104 Å². The molecule has 1 aromatic carbocycles. The van der Waals surface area contributed by atoms with E-state index in [-0.39, 0.29) is 0 Å². The molecule has 2 aromatic heterocycles.